The molecule has 0 heterocycles. The molecule has 0 fully saturated rings. The molecule has 0 spiro atoms. The number of phenols is 6. The van der Waals surface area contributed by atoms with E-state index in [1.165, 1.54) is 0 Å². The third-order valence-corrected chi connectivity index (χ3v) is 22.7. The Morgan fingerprint density at radius 3 is 0.589 bits per heavy atom. The van der Waals surface area contributed by atoms with E-state index in [-0.39, 0.29) is 167 Å². The first-order valence-corrected chi connectivity index (χ1v) is 40.4. The predicted octanol–water partition coefficient (Wildman–Crippen LogP) is 18.6. The van der Waals surface area contributed by atoms with E-state index >= 15 is 0 Å². The highest BCUT2D eigenvalue weighted by atomic mass is 16.5. The molecule has 16 bridgehead atoms. The maximum absolute atomic E-state index is 14.4. The van der Waals surface area contributed by atoms with Gasteiger partial charge in [-0.15, -0.1) is 0 Å². The van der Waals surface area contributed by atoms with Gasteiger partial charge in [0.15, 0.2) is 13.2 Å². The van der Waals surface area contributed by atoms with Crippen LogP contribution in [0.2, 0.25) is 0 Å². The lowest BCUT2D eigenvalue weighted by molar-refractivity contribution is -0.123. The summed E-state index contributed by atoms with van der Waals surface area (Å²) in [6.45, 7) is 53.2. The zero-order valence-corrected chi connectivity index (χ0v) is 71.9. The zero-order valence-electron chi connectivity index (χ0n) is 71.9. The van der Waals surface area contributed by atoms with Gasteiger partial charge in [0.05, 0.1) is 0 Å². The minimum absolute atomic E-state index is 0.128. The van der Waals surface area contributed by atoms with Crippen molar-refractivity contribution in [1.82, 2.24) is 15.5 Å². The van der Waals surface area contributed by atoms with E-state index in [0.717, 1.165) is 66.8 Å². The van der Waals surface area contributed by atoms with Crippen LogP contribution in [0.5, 0.6) is 46.0 Å². The quantitative estimate of drug-likeness (QED) is 0.0496. The van der Waals surface area contributed by atoms with Crippen molar-refractivity contribution in [3.8, 4) is 46.0 Å². The first kappa shape index (κ1) is 85.4. The van der Waals surface area contributed by atoms with E-state index in [4.69, 9.17) is 15.2 Å². The van der Waals surface area contributed by atoms with Crippen LogP contribution in [0.4, 0.5) is 0 Å². The Bertz CT molecular complexity index is 4330. The Hall–Kier alpha value is -8.98. The molecule has 10 rings (SSSR count). The van der Waals surface area contributed by atoms with Crippen molar-refractivity contribution in [1.29, 1.82) is 0 Å². The number of nitrogens with zero attached hydrogens (tertiary/aromatic N) is 1. The Labute approximate surface area is 669 Å². The van der Waals surface area contributed by atoms with E-state index in [2.05, 4.69) is 279 Å². The molecule has 10 N–H and O–H groups in total. The number of hydrogen-bond acceptors (Lipinski definition) is 12. The van der Waals surface area contributed by atoms with E-state index in [1.807, 2.05) is 0 Å². The number of aromatic hydroxyl groups is 6. The Kier molecular flexibility index (Phi) is 24.5. The zero-order chi connectivity index (χ0) is 82.7. The van der Waals surface area contributed by atoms with E-state index in [9.17, 15) is 40.2 Å². The molecule has 0 aromatic heterocycles. The number of amides is 2. The Morgan fingerprint density at radius 1 is 0.286 bits per heavy atom. The van der Waals surface area contributed by atoms with Crippen LogP contribution in [0, 0.1) is 0 Å². The van der Waals surface area contributed by atoms with Gasteiger partial charge in [0.2, 0.25) is 0 Å². The molecule has 112 heavy (non-hydrogen) atoms. The second-order valence-electron chi connectivity index (χ2n) is 40.4. The summed E-state index contributed by atoms with van der Waals surface area (Å²) in [5, 5.41) is 81.4. The maximum atomic E-state index is 14.4. The molecule has 0 unspecified atom stereocenters. The number of carbonyl (C=O) groups is 2. The second kappa shape index (κ2) is 32.1. The summed E-state index contributed by atoms with van der Waals surface area (Å²) in [5.74, 6) is 1.08. The topological polar surface area (TPSA) is 227 Å². The SMILES string of the molecule is CC(C)(C)c1cc2c(O)c(c1)Cc1cc(C(C)(C)C)cc(c1O)Cc1cc(C(C)(C)C)cc(c1OCC(=O)NCCN(CCN)CCNC(=O)COc1c3cc(C(C)(C)C)cc1Cc1cc(C(C)(C)C)cc(c1O)Cc1cc(C(C)(C)C)cc(c1O)Cc1cc(C(C)(C)C)cc(c1O)C3)Cc1cc(C(C)(C)C)cc(c1O)C2. The molecule has 0 saturated heterocycles. The van der Waals surface area contributed by atoms with Crippen LogP contribution in [-0.4, -0.2) is 99.8 Å². The smallest absolute Gasteiger partial charge is 0.257 e. The maximum Gasteiger partial charge on any atom is 0.257 e. The number of fused-ring (bicyclic) bond motifs is 16. The fourth-order valence-electron chi connectivity index (χ4n) is 15.3. The van der Waals surface area contributed by atoms with Gasteiger partial charge in [-0.1, -0.05) is 263 Å². The molecule has 2 aliphatic rings. The summed E-state index contributed by atoms with van der Waals surface area (Å²) in [7, 11) is 0. The average molecular weight is 1520 g/mol. The van der Waals surface area contributed by atoms with Crippen molar-refractivity contribution in [2.45, 2.75) is 261 Å². The highest BCUT2D eigenvalue weighted by molar-refractivity contribution is 5.78. The molecule has 2 aliphatic carbocycles. The van der Waals surface area contributed by atoms with Crippen molar-refractivity contribution in [2.24, 2.45) is 5.73 Å². The molecule has 2 amide bonds. The minimum Gasteiger partial charge on any atom is -0.507 e. The highest BCUT2D eigenvalue weighted by Gasteiger charge is 2.33. The molecule has 8 aromatic rings. The number of phenolic OH excluding ortho intramolecular Hbond substituents is 6. The standard InChI is InChI=1S/C98H130N4O10/c1-91(2,3)73-39-57-31-61-43-75(93(7,8)9)47-65(85(61)107)35-69-51-79(97(19,20)21)52-70(36-66-48-76(94(10,11)12)44-62(86(66)108)32-58(40-73)83(57)105)89(69)111-55-81(103)100-26-29-102(28-25-99)30-27-101-82(104)56-112-90-71-37-67-49-77(95(13,14)15)45-63(87(67)109)33-59-41-74(92(4,5)6)42-60(84(59)106)34-64-46-78(96(16,17)18)50-68(88(64)110)38-72(90)54-80(53-71)98(22,23)24/h39-54,105-110H,25-38,55-56,99H2,1-24H3,(H,100,103)(H,101,104). The molecular weight excluding hydrogens is 1390 g/mol. The monoisotopic (exact) mass is 1520 g/mol. The minimum atomic E-state index is -0.351. The van der Waals surface area contributed by atoms with Gasteiger partial charge in [-0.05, 0) is 177 Å². The van der Waals surface area contributed by atoms with Crippen LogP contribution in [-0.2, 0) is 104 Å². The van der Waals surface area contributed by atoms with E-state index in [0.29, 0.717) is 104 Å². The van der Waals surface area contributed by atoms with Crippen molar-refractivity contribution in [2.75, 3.05) is 52.5 Å². The lowest BCUT2D eigenvalue weighted by Gasteiger charge is -2.27. The lowest BCUT2D eigenvalue weighted by Crippen LogP contribution is -2.43. The normalized spacial score (nSPS) is 13.9. The number of carbonyl (C=O) groups excluding carboxylic acids is 2. The molecule has 8 aromatic carbocycles. The second-order valence-corrected chi connectivity index (χ2v) is 40.4. The summed E-state index contributed by atoms with van der Waals surface area (Å²) in [5.41, 5.74) is 23.2. The van der Waals surface area contributed by atoms with Crippen molar-refractivity contribution >= 4 is 11.8 Å². The van der Waals surface area contributed by atoms with Gasteiger partial charge >= 0.3 is 0 Å². The van der Waals surface area contributed by atoms with Crippen LogP contribution in [0.25, 0.3) is 0 Å². The summed E-state index contributed by atoms with van der Waals surface area (Å²) < 4.78 is 13.7. The van der Waals surface area contributed by atoms with Gasteiger partial charge in [0.1, 0.15) is 46.0 Å². The van der Waals surface area contributed by atoms with E-state index < -0.39 is 0 Å². The first-order chi connectivity index (χ1) is 51.7. The number of nitrogens with one attached hydrogen (secondary N) is 2. The average Bonchev–Trinajstić information content (AvgIpc) is 0.767. The van der Waals surface area contributed by atoms with Crippen molar-refractivity contribution in [3.05, 3.63) is 231 Å². The van der Waals surface area contributed by atoms with Gasteiger partial charge in [-0.25, -0.2) is 0 Å². The summed E-state index contributed by atoms with van der Waals surface area (Å²) >= 11 is 0. The van der Waals surface area contributed by atoms with Crippen LogP contribution < -0.4 is 25.8 Å². The largest absolute Gasteiger partial charge is 0.507 e. The van der Waals surface area contributed by atoms with E-state index in [1.54, 1.807) is 0 Å². The molecule has 0 saturated carbocycles. The van der Waals surface area contributed by atoms with Gasteiger partial charge < -0.3 is 56.5 Å². The number of benzene rings is 8. The van der Waals surface area contributed by atoms with Crippen LogP contribution in [0.15, 0.2) is 97.1 Å². The molecule has 602 valence electrons. The molecular formula is C98H130N4O10. The third-order valence-electron chi connectivity index (χ3n) is 22.7. The molecule has 14 nitrogen and oxygen atoms in total. The van der Waals surface area contributed by atoms with Crippen LogP contribution >= 0.6 is 0 Å². The first-order valence-electron chi connectivity index (χ1n) is 40.4. The fourth-order valence-corrected chi connectivity index (χ4v) is 15.3. The summed E-state index contributed by atoms with van der Waals surface area (Å²) in [6, 6.07) is 33.2. The van der Waals surface area contributed by atoms with Crippen LogP contribution in [0.3, 0.4) is 0 Å². The molecule has 0 atom stereocenters. The Morgan fingerprint density at radius 2 is 0.438 bits per heavy atom. The van der Waals surface area contributed by atoms with Gasteiger partial charge in [-0.2, -0.15) is 0 Å². The van der Waals surface area contributed by atoms with Gasteiger partial charge in [0.25, 0.3) is 11.8 Å². The molecule has 14 heteroatoms. The summed E-state index contributed by atoms with van der Waals surface area (Å²) in [4.78, 5) is 30.8. The predicted molar refractivity (Wildman–Crippen MR) is 456 cm³/mol. The number of nitrogens with two attached hydrogens (primary N) is 1. The van der Waals surface area contributed by atoms with Crippen LogP contribution in [0.1, 0.15) is 300 Å². The van der Waals surface area contributed by atoms with Crippen molar-refractivity contribution < 1.29 is 49.7 Å². The summed E-state index contributed by atoms with van der Waals surface area (Å²) in [6.07, 6.45) is 2.00. The molecule has 0 aliphatic heterocycles. The van der Waals surface area contributed by atoms with Gasteiger partial charge in [-0.3, -0.25) is 14.5 Å². The Balaban J connectivity index is 0.918. The van der Waals surface area contributed by atoms with Crippen molar-refractivity contribution in [3.63, 3.8) is 0 Å². The highest BCUT2D eigenvalue weighted by Crippen LogP contribution is 2.47. The fraction of sp³-hybridized carbons (Fsp3) is 0.490. The number of hydrogen-bond donors (Lipinski definition) is 9. The number of ether oxygens (including phenoxy) is 2. The number of rotatable bonds is 14. The van der Waals surface area contributed by atoms with Gasteiger partial charge in [0, 0.05) is 90.6 Å². The molecule has 0 radical (unpaired) electrons. The third kappa shape index (κ3) is 20.1. The lowest BCUT2D eigenvalue weighted by atomic mass is 9.79.